The summed E-state index contributed by atoms with van der Waals surface area (Å²) in [5.41, 5.74) is 1.10. The van der Waals surface area contributed by atoms with Crippen LogP contribution in [0.25, 0.3) is 10.6 Å². The van der Waals surface area contributed by atoms with Crippen molar-refractivity contribution in [3.8, 4) is 16.5 Å². The summed E-state index contributed by atoms with van der Waals surface area (Å²) in [4.78, 5) is 9.33. The Hall–Kier alpha value is -1.68. The van der Waals surface area contributed by atoms with E-state index in [1.54, 1.807) is 24.5 Å². The zero-order chi connectivity index (χ0) is 10.5. The van der Waals surface area contributed by atoms with Crippen molar-refractivity contribution in [3.05, 3.63) is 35.7 Å². The van der Waals surface area contributed by atoms with Gasteiger partial charge in [-0.05, 0) is 6.92 Å². The number of nitrogens with zero attached hydrogens (tertiary/aromatic N) is 2. The molecule has 0 N–H and O–H groups in total. The predicted molar refractivity (Wildman–Crippen MR) is 62.3 cm³/mol. The molecule has 0 aliphatic rings. The molecule has 0 amide bonds. The maximum atomic E-state index is 5.03. The minimum atomic E-state index is 0.539. The first-order valence-corrected chi connectivity index (χ1v) is 5.44. The van der Waals surface area contributed by atoms with E-state index in [4.69, 9.17) is 4.84 Å². The molecule has 15 heavy (non-hydrogen) atoms. The van der Waals surface area contributed by atoms with E-state index in [-0.39, 0.29) is 0 Å². The van der Waals surface area contributed by atoms with Crippen LogP contribution in [-0.2, 0) is 0 Å². The first-order chi connectivity index (χ1) is 7.40. The van der Waals surface area contributed by atoms with Crippen LogP contribution in [0.15, 0.2) is 40.9 Å². The summed E-state index contributed by atoms with van der Waals surface area (Å²) in [6.45, 7) is 1.80. The summed E-state index contributed by atoms with van der Waals surface area (Å²) < 4.78 is 0. The van der Waals surface area contributed by atoms with Gasteiger partial charge in [0.05, 0.1) is 5.38 Å². The lowest BCUT2D eigenvalue weighted by Gasteiger charge is -1.93. The van der Waals surface area contributed by atoms with Gasteiger partial charge in [0.1, 0.15) is 5.01 Å². The van der Waals surface area contributed by atoms with Crippen molar-refractivity contribution in [3.63, 3.8) is 0 Å². The summed E-state index contributed by atoms with van der Waals surface area (Å²) >= 11 is 1.54. The van der Waals surface area contributed by atoms with E-state index >= 15 is 0 Å². The topological polar surface area (TPSA) is 34.5 Å². The van der Waals surface area contributed by atoms with E-state index in [1.807, 2.05) is 35.7 Å². The van der Waals surface area contributed by atoms with Gasteiger partial charge < -0.3 is 4.84 Å². The molecular weight excluding hydrogens is 208 g/mol. The van der Waals surface area contributed by atoms with Gasteiger partial charge in [-0.3, -0.25) is 0 Å². The molecule has 4 heteroatoms. The van der Waals surface area contributed by atoms with Crippen LogP contribution < -0.4 is 4.84 Å². The van der Waals surface area contributed by atoms with Gasteiger partial charge >= 0.3 is 0 Å². The summed E-state index contributed by atoms with van der Waals surface area (Å²) in [6.07, 6.45) is 1.58. The molecule has 2 aromatic rings. The van der Waals surface area contributed by atoms with E-state index < -0.39 is 0 Å². The van der Waals surface area contributed by atoms with Crippen LogP contribution in [0, 0.1) is 0 Å². The normalized spacial score (nSPS) is 10.7. The highest BCUT2D eigenvalue weighted by molar-refractivity contribution is 7.13. The first kappa shape index (κ1) is 9.86. The first-order valence-electron chi connectivity index (χ1n) is 4.56. The van der Waals surface area contributed by atoms with Crippen LogP contribution in [0.4, 0.5) is 0 Å². The lowest BCUT2D eigenvalue weighted by Crippen LogP contribution is -1.82. The zero-order valence-corrected chi connectivity index (χ0v) is 9.07. The minimum Gasteiger partial charge on any atom is -0.336 e. The zero-order valence-electron chi connectivity index (χ0n) is 8.25. The third kappa shape index (κ3) is 2.41. The number of hydrogen-bond acceptors (Lipinski definition) is 4. The Balaban J connectivity index is 2.20. The van der Waals surface area contributed by atoms with E-state index in [1.165, 1.54) is 0 Å². The molecule has 1 aromatic carbocycles. The second kappa shape index (κ2) is 4.70. The molecular formula is C11H10N2OS. The van der Waals surface area contributed by atoms with E-state index in [0.717, 1.165) is 10.6 Å². The molecule has 3 nitrogen and oxygen atoms in total. The molecule has 0 atom stereocenters. The number of aromatic nitrogens is 1. The number of oxime groups is 1. The Labute approximate surface area is 92.0 Å². The molecule has 76 valence electrons. The average molecular weight is 218 g/mol. The van der Waals surface area contributed by atoms with E-state index in [0.29, 0.717) is 5.88 Å². The van der Waals surface area contributed by atoms with Crippen LogP contribution in [0.1, 0.15) is 6.92 Å². The smallest absolute Gasteiger partial charge is 0.260 e. The molecule has 1 aromatic heterocycles. The van der Waals surface area contributed by atoms with Gasteiger partial charge in [0.2, 0.25) is 0 Å². The molecule has 0 radical (unpaired) electrons. The van der Waals surface area contributed by atoms with Crippen molar-refractivity contribution in [1.29, 1.82) is 0 Å². The molecule has 1 heterocycles. The Kier molecular flexibility index (Phi) is 3.09. The van der Waals surface area contributed by atoms with Crippen molar-refractivity contribution >= 4 is 17.6 Å². The summed E-state index contributed by atoms with van der Waals surface area (Å²) in [7, 11) is 0. The van der Waals surface area contributed by atoms with Gasteiger partial charge in [-0.15, -0.1) is 11.3 Å². The van der Waals surface area contributed by atoms with Crippen LogP contribution >= 0.6 is 11.3 Å². The Bertz CT molecular complexity index is 451. The molecule has 0 saturated heterocycles. The van der Waals surface area contributed by atoms with Gasteiger partial charge in [-0.1, -0.05) is 35.5 Å². The van der Waals surface area contributed by atoms with Crippen LogP contribution in [0.5, 0.6) is 5.88 Å². The number of benzene rings is 1. The highest BCUT2D eigenvalue weighted by Crippen LogP contribution is 2.26. The monoisotopic (exact) mass is 218 g/mol. The number of hydrogen-bond donors (Lipinski definition) is 0. The molecule has 0 fully saturated rings. The second-order valence-corrected chi connectivity index (χ2v) is 3.67. The maximum absolute atomic E-state index is 5.03. The van der Waals surface area contributed by atoms with Crippen molar-refractivity contribution in [2.24, 2.45) is 5.16 Å². The number of rotatable bonds is 3. The molecule has 0 bridgehead atoms. The quantitative estimate of drug-likeness (QED) is 0.585. The summed E-state index contributed by atoms with van der Waals surface area (Å²) in [5, 5.41) is 6.45. The Morgan fingerprint density at radius 3 is 2.87 bits per heavy atom. The van der Waals surface area contributed by atoms with Crippen LogP contribution in [-0.4, -0.2) is 11.2 Å². The van der Waals surface area contributed by atoms with Crippen molar-refractivity contribution < 1.29 is 4.84 Å². The van der Waals surface area contributed by atoms with Crippen molar-refractivity contribution in [2.45, 2.75) is 6.92 Å². The fourth-order valence-corrected chi connectivity index (χ4v) is 1.84. The standard InChI is InChI=1S/C11H10N2OS/c1-2-12-14-10-8-15-11(13-10)9-6-4-3-5-7-9/h2-8H,1H3. The van der Waals surface area contributed by atoms with Crippen LogP contribution in [0.3, 0.4) is 0 Å². The van der Waals surface area contributed by atoms with Gasteiger partial charge in [0.25, 0.3) is 5.88 Å². The third-order valence-electron chi connectivity index (χ3n) is 1.76. The Morgan fingerprint density at radius 1 is 1.33 bits per heavy atom. The second-order valence-electron chi connectivity index (χ2n) is 2.81. The SMILES string of the molecule is CC=NOc1csc(-c2ccccc2)n1. The minimum absolute atomic E-state index is 0.539. The third-order valence-corrected chi connectivity index (χ3v) is 2.63. The van der Waals surface area contributed by atoms with Crippen LogP contribution in [0.2, 0.25) is 0 Å². The lowest BCUT2D eigenvalue weighted by molar-refractivity contribution is 0.332. The van der Waals surface area contributed by atoms with Gasteiger partial charge in [0, 0.05) is 11.8 Å². The highest BCUT2D eigenvalue weighted by Gasteiger charge is 2.04. The summed E-state index contributed by atoms with van der Waals surface area (Å²) in [6, 6.07) is 10.00. The van der Waals surface area contributed by atoms with Gasteiger partial charge in [0.15, 0.2) is 0 Å². The molecule has 0 spiro atoms. The van der Waals surface area contributed by atoms with Crippen molar-refractivity contribution in [1.82, 2.24) is 4.98 Å². The fraction of sp³-hybridized carbons (Fsp3) is 0.0909. The maximum Gasteiger partial charge on any atom is 0.260 e. The molecule has 0 aliphatic heterocycles. The Morgan fingerprint density at radius 2 is 2.13 bits per heavy atom. The largest absolute Gasteiger partial charge is 0.336 e. The van der Waals surface area contributed by atoms with Gasteiger partial charge in [-0.25, -0.2) is 0 Å². The van der Waals surface area contributed by atoms with Crippen molar-refractivity contribution in [2.75, 3.05) is 0 Å². The number of thiazole rings is 1. The average Bonchev–Trinajstić information content (AvgIpc) is 2.76. The molecule has 2 rings (SSSR count). The molecule has 0 unspecified atom stereocenters. The lowest BCUT2D eigenvalue weighted by atomic mass is 10.2. The molecule has 0 saturated carbocycles. The fourth-order valence-electron chi connectivity index (χ4n) is 1.12. The predicted octanol–water partition coefficient (Wildman–Crippen LogP) is 3.19. The van der Waals surface area contributed by atoms with Gasteiger partial charge in [-0.2, -0.15) is 4.98 Å². The summed E-state index contributed by atoms with van der Waals surface area (Å²) in [5.74, 6) is 0.539. The molecule has 0 aliphatic carbocycles. The van der Waals surface area contributed by atoms with E-state index in [2.05, 4.69) is 10.1 Å². The highest BCUT2D eigenvalue weighted by atomic mass is 32.1. The van der Waals surface area contributed by atoms with E-state index in [9.17, 15) is 0 Å².